The molecule has 7 nitrogen and oxygen atoms in total. The fourth-order valence-electron chi connectivity index (χ4n) is 3.68. The quantitative estimate of drug-likeness (QED) is 0.611. The first-order chi connectivity index (χ1) is 15.0. The third kappa shape index (κ3) is 3.53. The summed E-state index contributed by atoms with van der Waals surface area (Å²) in [6.07, 6.45) is 0. The first kappa shape index (κ1) is 20.9. The summed E-state index contributed by atoms with van der Waals surface area (Å²) >= 11 is 1.44. The van der Waals surface area contributed by atoms with Crippen LogP contribution in [0.1, 0.15) is 19.4 Å². The molecule has 1 aromatic heterocycles. The Labute approximate surface area is 184 Å². The summed E-state index contributed by atoms with van der Waals surface area (Å²) < 4.78 is 12.7. The lowest BCUT2D eigenvalue weighted by atomic mass is 10.1. The Bertz CT molecular complexity index is 1240. The van der Waals surface area contributed by atoms with Gasteiger partial charge in [0.2, 0.25) is 4.80 Å². The summed E-state index contributed by atoms with van der Waals surface area (Å²) in [6.45, 7) is 3.99. The Kier molecular flexibility index (Phi) is 5.65. The monoisotopic (exact) mass is 436 g/mol. The highest BCUT2D eigenvalue weighted by molar-refractivity contribution is 7.07. The number of nitrogens with zero attached hydrogens (tertiary/aromatic N) is 4. The van der Waals surface area contributed by atoms with Crippen molar-refractivity contribution in [1.82, 2.24) is 4.68 Å². The van der Waals surface area contributed by atoms with E-state index < -0.39 is 0 Å². The van der Waals surface area contributed by atoms with Crippen LogP contribution in [0.3, 0.4) is 0 Å². The smallest absolute Gasteiger partial charge is 0.279 e. The Morgan fingerprint density at radius 2 is 1.81 bits per heavy atom. The molecule has 0 saturated carbocycles. The Morgan fingerprint density at radius 1 is 1.03 bits per heavy atom. The summed E-state index contributed by atoms with van der Waals surface area (Å²) in [5.74, 6) is 1.25. The maximum absolute atomic E-state index is 13.3. The highest BCUT2D eigenvalue weighted by Crippen LogP contribution is 2.35. The Hall–Kier alpha value is -3.39. The number of aromatic nitrogens is 1. The van der Waals surface area contributed by atoms with Gasteiger partial charge in [-0.2, -0.15) is 5.10 Å². The molecule has 4 rings (SSSR count). The van der Waals surface area contributed by atoms with Crippen molar-refractivity contribution in [2.75, 3.05) is 26.2 Å². The second-order valence-electron chi connectivity index (χ2n) is 7.24. The number of anilines is 1. The van der Waals surface area contributed by atoms with E-state index in [0.717, 1.165) is 22.5 Å². The van der Waals surface area contributed by atoms with Crippen molar-refractivity contribution >= 4 is 28.6 Å². The predicted molar refractivity (Wildman–Crippen MR) is 123 cm³/mol. The van der Waals surface area contributed by atoms with E-state index >= 15 is 0 Å². The summed E-state index contributed by atoms with van der Waals surface area (Å²) in [5, 5.41) is 6.77. The van der Waals surface area contributed by atoms with E-state index in [1.807, 2.05) is 61.7 Å². The van der Waals surface area contributed by atoms with Gasteiger partial charge in [-0.05, 0) is 38.1 Å². The molecule has 0 bridgehead atoms. The zero-order chi connectivity index (χ0) is 22.1. The number of carbonyl (C=O) groups excluding carboxylic acids is 1. The first-order valence-corrected chi connectivity index (χ1v) is 10.8. The van der Waals surface area contributed by atoms with Gasteiger partial charge in [-0.1, -0.05) is 18.2 Å². The summed E-state index contributed by atoms with van der Waals surface area (Å²) in [5.41, 5.74) is 3.64. The second kappa shape index (κ2) is 8.39. The fourth-order valence-corrected chi connectivity index (χ4v) is 4.47. The second-order valence-corrected chi connectivity index (χ2v) is 8.08. The van der Waals surface area contributed by atoms with Crippen LogP contribution >= 0.6 is 11.3 Å². The van der Waals surface area contributed by atoms with Crippen molar-refractivity contribution in [3.05, 3.63) is 58.2 Å². The Balaban J connectivity index is 1.95. The lowest BCUT2D eigenvalue weighted by Gasteiger charge is -2.20. The number of hydrogen-bond donors (Lipinski definition) is 0. The molecule has 1 aliphatic heterocycles. The number of hydrogen-bond acceptors (Lipinski definition) is 6. The topological polar surface area (TPSA) is 68.4 Å². The fraction of sp³-hybridized carbons (Fsp3) is 0.261. The normalized spacial score (nSPS) is 15.2. The number of ether oxygens (including phenoxy) is 2. The number of fused-ring (bicyclic) bond motifs is 1. The number of carbonyl (C=O) groups is 1. The maximum atomic E-state index is 13.3. The highest BCUT2D eigenvalue weighted by atomic mass is 32.1. The molecule has 0 N–H and O–H groups in total. The molecule has 0 saturated heterocycles. The van der Waals surface area contributed by atoms with E-state index in [1.54, 1.807) is 30.8 Å². The van der Waals surface area contributed by atoms with E-state index in [-0.39, 0.29) is 11.9 Å². The van der Waals surface area contributed by atoms with Crippen LogP contribution in [0, 0.1) is 0 Å². The largest absolute Gasteiger partial charge is 0.497 e. The molecule has 0 radical (unpaired) electrons. The van der Waals surface area contributed by atoms with Gasteiger partial charge in [0.1, 0.15) is 11.5 Å². The molecule has 2 aromatic carbocycles. The van der Waals surface area contributed by atoms with Crippen molar-refractivity contribution in [3.63, 3.8) is 0 Å². The summed E-state index contributed by atoms with van der Waals surface area (Å²) in [4.78, 5) is 20.1. The van der Waals surface area contributed by atoms with Gasteiger partial charge in [-0.3, -0.25) is 9.79 Å². The molecule has 160 valence electrons. The van der Waals surface area contributed by atoms with E-state index in [4.69, 9.17) is 14.6 Å². The molecule has 2 heterocycles. The van der Waals surface area contributed by atoms with E-state index in [2.05, 4.69) is 4.99 Å². The molecule has 0 spiro atoms. The van der Waals surface area contributed by atoms with Crippen LogP contribution in [0.4, 0.5) is 5.69 Å². The van der Waals surface area contributed by atoms with Crippen LogP contribution in [-0.2, 0) is 4.79 Å². The van der Waals surface area contributed by atoms with Gasteiger partial charge in [-0.25, -0.2) is 4.68 Å². The molecule has 0 atom stereocenters. The average Bonchev–Trinajstić information content (AvgIpc) is 3.31. The van der Waals surface area contributed by atoms with Crippen molar-refractivity contribution in [2.45, 2.75) is 19.9 Å². The third-order valence-corrected chi connectivity index (χ3v) is 6.02. The van der Waals surface area contributed by atoms with Gasteiger partial charge in [0.05, 0.1) is 25.6 Å². The Morgan fingerprint density at radius 3 is 2.48 bits per heavy atom. The van der Waals surface area contributed by atoms with Crippen LogP contribution in [0.2, 0.25) is 0 Å². The predicted octanol–water partition coefficient (Wildman–Crippen LogP) is 3.77. The molecule has 0 aliphatic carbocycles. The van der Waals surface area contributed by atoms with Crippen LogP contribution in [0.5, 0.6) is 11.5 Å². The van der Waals surface area contributed by atoms with E-state index in [9.17, 15) is 4.79 Å². The van der Waals surface area contributed by atoms with Crippen LogP contribution < -0.4 is 19.2 Å². The van der Waals surface area contributed by atoms with E-state index in [0.29, 0.717) is 22.0 Å². The van der Waals surface area contributed by atoms with Crippen molar-refractivity contribution in [3.8, 4) is 22.8 Å². The van der Waals surface area contributed by atoms with Crippen molar-refractivity contribution < 1.29 is 14.3 Å². The SMILES string of the molecule is CN=c1scc(-c2cc(OC)ccc2OC)n1N=C1C(=O)N(C(C)C)c2ccccc21. The highest BCUT2D eigenvalue weighted by Gasteiger charge is 2.35. The summed E-state index contributed by atoms with van der Waals surface area (Å²) in [7, 11) is 4.95. The lowest BCUT2D eigenvalue weighted by molar-refractivity contribution is -0.112. The van der Waals surface area contributed by atoms with E-state index in [1.165, 1.54) is 11.3 Å². The third-order valence-electron chi connectivity index (χ3n) is 5.12. The minimum atomic E-state index is -0.125. The molecule has 3 aromatic rings. The number of benzene rings is 2. The van der Waals surface area contributed by atoms with Crippen LogP contribution in [0.15, 0.2) is 57.9 Å². The van der Waals surface area contributed by atoms with Crippen LogP contribution in [-0.4, -0.2) is 43.6 Å². The van der Waals surface area contributed by atoms with Gasteiger partial charge in [0, 0.05) is 29.6 Å². The van der Waals surface area contributed by atoms with Gasteiger partial charge in [-0.15, -0.1) is 11.3 Å². The van der Waals surface area contributed by atoms with Gasteiger partial charge in [0.25, 0.3) is 5.91 Å². The average molecular weight is 437 g/mol. The molecule has 1 amide bonds. The number of methoxy groups -OCH3 is 2. The molecule has 0 fully saturated rings. The molecular formula is C23H24N4O3S. The molecular weight excluding hydrogens is 412 g/mol. The van der Waals surface area contributed by atoms with Crippen molar-refractivity contribution in [2.24, 2.45) is 10.1 Å². The van der Waals surface area contributed by atoms with Gasteiger partial charge < -0.3 is 14.4 Å². The minimum Gasteiger partial charge on any atom is -0.497 e. The molecule has 0 unspecified atom stereocenters. The first-order valence-electron chi connectivity index (χ1n) is 9.87. The maximum Gasteiger partial charge on any atom is 0.279 e. The lowest BCUT2D eigenvalue weighted by Crippen LogP contribution is -2.36. The number of amides is 1. The standard InChI is InChI=1S/C23H24N4O3S/c1-14(2)26-18-9-7-6-8-16(18)21(22(26)28)25-27-19(13-31-23(27)24-3)17-12-15(29-4)10-11-20(17)30-5/h6-14H,1-5H3. The number of rotatable bonds is 5. The zero-order valence-corrected chi connectivity index (χ0v) is 18.9. The minimum absolute atomic E-state index is 0.0158. The molecule has 1 aliphatic rings. The number of thiazole rings is 1. The van der Waals surface area contributed by atoms with Crippen LogP contribution in [0.25, 0.3) is 11.3 Å². The zero-order valence-electron chi connectivity index (χ0n) is 18.1. The number of para-hydroxylation sites is 1. The van der Waals surface area contributed by atoms with Crippen molar-refractivity contribution in [1.29, 1.82) is 0 Å². The summed E-state index contributed by atoms with van der Waals surface area (Å²) in [6, 6.07) is 13.3. The molecule has 31 heavy (non-hydrogen) atoms. The van der Waals surface area contributed by atoms with Gasteiger partial charge in [0.15, 0.2) is 5.71 Å². The molecule has 8 heteroatoms. The van der Waals surface area contributed by atoms with Gasteiger partial charge >= 0.3 is 0 Å².